The molecule has 0 saturated carbocycles. The molecule has 110 valence electrons. The number of amides is 1. The topological polar surface area (TPSA) is 64.3 Å². The summed E-state index contributed by atoms with van der Waals surface area (Å²) in [6.45, 7) is 1.87. The molecule has 0 aliphatic heterocycles. The van der Waals surface area contributed by atoms with Gasteiger partial charge in [-0.15, -0.1) is 0 Å². The minimum Gasteiger partial charge on any atom is -0.484 e. The van der Waals surface area contributed by atoms with Crippen molar-refractivity contribution in [3.63, 3.8) is 0 Å². The van der Waals surface area contributed by atoms with Crippen LogP contribution in [0.1, 0.15) is 5.56 Å². The fraction of sp³-hybridized carbons (Fsp3) is 0.133. The van der Waals surface area contributed by atoms with Gasteiger partial charge in [0, 0.05) is 5.69 Å². The molecule has 21 heavy (non-hydrogen) atoms. The lowest BCUT2D eigenvalue weighted by molar-refractivity contribution is -0.118. The summed E-state index contributed by atoms with van der Waals surface area (Å²) in [5.74, 6) is 0.316. The van der Waals surface area contributed by atoms with Gasteiger partial charge in [-0.1, -0.05) is 40.9 Å². The fourth-order valence-electron chi connectivity index (χ4n) is 1.64. The van der Waals surface area contributed by atoms with Crippen LogP contribution in [0.3, 0.4) is 0 Å². The summed E-state index contributed by atoms with van der Waals surface area (Å²) in [6.07, 6.45) is 0. The van der Waals surface area contributed by atoms with Crippen LogP contribution in [0.4, 0.5) is 11.4 Å². The number of benzene rings is 2. The van der Waals surface area contributed by atoms with Crippen LogP contribution in [-0.4, -0.2) is 12.5 Å². The van der Waals surface area contributed by atoms with E-state index >= 15 is 0 Å². The maximum absolute atomic E-state index is 11.8. The normalized spacial score (nSPS) is 10.2. The van der Waals surface area contributed by atoms with Crippen LogP contribution < -0.4 is 15.8 Å². The summed E-state index contributed by atoms with van der Waals surface area (Å²) in [7, 11) is 0. The van der Waals surface area contributed by atoms with E-state index in [0.29, 0.717) is 11.4 Å². The SMILES string of the molecule is Cc1ccc(OCC(=O)Nc2cc(Cl)c(N)c(Cl)c2)cc1. The second-order valence-corrected chi connectivity index (χ2v) is 5.32. The van der Waals surface area contributed by atoms with Gasteiger partial charge in [-0.3, -0.25) is 4.79 Å². The summed E-state index contributed by atoms with van der Waals surface area (Å²) in [6, 6.07) is 10.5. The zero-order valence-electron chi connectivity index (χ0n) is 11.3. The van der Waals surface area contributed by atoms with E-state index < -0.39 is 0 Å². The lowest BCUT2D eigenvalue weighted by atomic mass is 10.2. The van der Waals surface area contributed by atoms with E-state index in [9.17, 15) is 4.79 Å². The number of nitrogens with two attached hydrogens (primary N) is 1. The molecule has 2 aromatic carbocycles. The van der Waals surface area contributed by atoms with Gasteiger partial charge in [0.1, 0.15) is 5.75 Å². The number of carbonyl (C=O) groups is 1. The van der Waals surface area contributed by atoms with Crippen LogP contribution in [0.2, 0.25) is 10.0 Å². The van der Waals surface area contributed by atoms with Crippen molar-refractivity contribution in [3.05, 3.63) is 52.0 Å². The van der Waals surface area contributed by atoms with Gasteiger partial charge in [0.2, 0.25) is 0 Å². The van der Waals surface area contributed by atoms with E-state index in [2.05, 4.69) is 5.32 Å². The molecule has 0 saturated heterocycles. The average molecular weight is 325 g/mol. The Morgan fingerprint density at radius 1 is 1.19 bits per heavy atom. The Kier molecular flexibility index (Phi) is 4.94. The van der Waals surface area contributed by atoms with Crippen molar-refractivity contribution in [1.29, 1.82) is 0 Å². The molecule has 2 aromatic rings. The predicted octanol–water partition coefficient (Wildman–Crippen LogP) is 3.90. The number of hydrogen-bond acceptors (Lipinski definition) is 3. The Labute approximate surface area is 132 Å². The monoisotopic (exact) mass is 324 g/mol. The van der Waals surface area contributed by atoms with Crippen molar-refractivity contribution in [2.24, 2.45) is 0 Å². The van der Waals surface area contributed by atoms with Gasteiger partial charge in [-0.25, -0.2) is 0 Å². The van der Waals surface area contributed by atoms with Crippen molar-refractivity contribution in [2.75, 3.05) is 17.7 Å². The second-order valence-electron chi connectivity index (χ2n) is 4.50. The molecule has 6 heteroatoms. The summed E-state index contributed by atoms with van der Waals surface area (Å²) in [5.41, 5.74) is 7.50. The number of rotatable bonds is 4. The van der Waals surface area contributed by atoms with Crippen LogP contribution in [0, 0.1) is 6.92 Å². The third-order valence-electron chi connectivity index (χ3n) is 2.75. The van der Waals surface area contributed by atoms with Gasteiger partial charge in [0.15, 0.2) is 6.61 Å². The molecule has 0 radical (unpaired) electrons. The highest BCUT2D eigenvalue weighted by molar-refractivity contribution is 6.39. The highest BCUT2D eigenvalue weighted by Crippen LogP contribution is 2.31. The summed E-state index contributed by atoms with van der Waals surface area (Å²) in [5, 5.41) is 3.22. The standard InChI is InChI=1S/C15H14Cl2N2O2/c1-9-2-4-11(5-3-9)21-8-14(20)19-10-6-12(16)15(18)13(17)7-10/h2-7H,8,18H2,1H3,(H,19,20). The van der Waals surface area contributed by atoms with Crippen LogP contribution in [0.5, 0.6) is 5.75 Å². The lowest BCUT2D eigenvalue weighted by Gasteiger charge is -2.09. The molecule has 2 rings (SSSR count). The number of hydrogen-bond donors (Lipinski definition) is 2. The molecule has 0 aliphatic rings. The number of carbonyl (C=O) groups excluding carboxylic acids is 1. The molecule has 0 heterocycles. The van der Waals surface area contributed by atoms with Gasteiger partial charge in [-0.05, 0) is 31.2 Å². The fourth-order valence-corrected chi connectivity index (χ4v) is 2.12. The second kappa shape index (κ2) is 6.70. The first-order chi connectivity index (χ1) is 9.95. The summed E-state index contributed by atoms with van der Waals surface area (Å²) >= 11 is 11.8. The van der Waals surface area contributed by atoms with Crippen LogP contribution >= 0.6 is 23.2 Å². The minimum absolute atomic E-state index is 0.108. The van der Waals surface area contributed by atoms with E-state index in [1.54, 1.807) is 12.1 Å². The number of nitrogen functional groups attached to an aromatic ring is 1. The third kappa shape index (κ3) is 4.28. The molecule has 0 unspecified atom stereocenters. The van der Waals surface area contributed by atoms with Gasteiger partial charge >= 0.3 is 0 Å². The Bertz CT molecular complexity index is 634. The molecule has 1 amide bonds. The minimum atomic E-state index is -0.313. The van der Waals surface area contributed by atoms with Crippen molar-refractivity contribution in [3.8, 4) is 5.75 Å². The smallest absolute Gasteiger partial charge is 0.262 e. The number of aryl methyl sites for hydroxylation is 1. The van der Waals surface area contributed by atoms with Gasteiger partial charge in [0.05, 0.1) is 15.7 Å². The molecular weight excluding hydrogens is 311 g/mol. The van der Waals surface area contributed by atoms with E-state index in [4.69, 9.17) is 33.7 Å². The Morgan fingerprint density at radius 3 is 2.33 bits per heavy atom. The van der Waals surface area contributed by atoms with Crippen molar-refractivity contribution in [2.45, 2.75) is 6.92 Å². The Morgan fingerprint density at radius 2 is 1.76 bits per heavy atom. The van der Waals surface area contributed by atoms with E-state index in [1.165, 1.54) is 12.1 Å². The number of nitrogens with one attached hydrogen (secondary N) is 1. The maximum Gasteiger partial charge on any atom is 0.262 e. The highest BCUT2D eigenvalue weighted by atomic mass is 35.5. The Balaban J connectivity index is 1.94. The van der Waals surface area contributed by atoms with Crippen molar-refractivity contribution >= 4 is 40.5 Å². The van der Waals surface area contributed by atoms with Crippen molar-refractivity contribution in [1.82, 2.24) is 0 Å². The maximum atomic E-state index is 11.8. The van der Waals surface area contributed by atoms with Gasteiger partial charge < -0.3 is 15.8 Å². The third-order valence-corrected chi connectivity index (χ3v) is 3.38. The molecule has 0 aliphatic carbocycles. The van der Waals surface area contributed by atoms with Crippen LogP contribution in [-0.2, 0) is 4.79 Å². The number of halogens is 2. The highest BCUT2D eigenvalue weighted by Gasteiger charge is 2.08. The summed E-state index contributed by atoms with van der Waals surface area (Å²) in [4.78, 5) is 11.8. The predicted molar refractivity (Wildman–Crippen MR) is 86.2 cm³/mol. The Hall–Kier alpha value is -1.91. The van der Waals surface area contributed by atoms with E-state index in [1.807, 2.05) is 19.1 Å². The summed E-state index contributed by atoms with van der Waals surface area (Å²) < 4.78 is 5.38. The average Bonchev–Trinajstić information content (AvgIpc) is 2.44. The zero-order valence-corrected chi connectivity index (χ0v) is 12.8. The largest absolute Gasteiger partial charge is 0.484 e. The molecule has 0 atom stereocenters. The molecule has 0 bridgehead atoms. The van der Waals surface area contributed by atoms with Crippen LogP contribution in [0.15, 0.2) is 36.4 Å². The molecule has 0 spiro atoms. The molecule has 3 N–H and O–H groups in total. The van der Waals surface area contributed by atoms with Gasteiger partial charge in [0.25, 0.3) is 5.91 Å². The molecule has 0 aromatic heterocycles. The molecular formula is C15H14Cl2N2O2. The lowest BCUT2D eigenvalue weighted by Crippen LogP contribution is -2.20. The first-order valence-corrected chi connectivity index (χ1v) is 6.95. The number of anilines is 2. The van der Waals surface area contributed by atoms with E-state index in [-0.39, 0.29) is 28.2 Å². The van der Waals surface area contributed by atoms with Crippen LogP contribution in [0.25, 0.3) is 0 Å². The van der Waals surface area contributed by atoms with E-state index in [0.717, 1.165) is 5.56 Å². The quantitative estimate of drug-likeness (QED) is 0.838. The first kappa shape index (κ1) is 15.5. The first-order valence-electron chi connectivity index (χ1n) is 6.19. The number of ether oxygens (including phenoxy) is 1. The molecule has 4 nitrogen and oxygen atoms in total. The van der Waals surface area contributed by atoms with Gasteiger partial charge in [-0.2, -0.15) is 0 Å². The molecule has 0 fully saturated rings. The zero-order chi connectivity index (χ0) is 15.4. The van der Waals surface area contributed by atoms with Crippen molar-refractivity contribution < 1.29 is 9.53 Å².